The van der Waals surface area contributed by atoms with Crippen molar-refractivity contribution in [2.45, 2.75) is 11.8 Å². The molecule has 0 N–H and O–H groups in total. The van der Waals surface area contributed by atoms with Gasteiger partial charge in [-0.1, -0.05) is 0 Å². The zero-order valence-electron chi connectivity index (χ0n) is 18.8. The van der Waals surface area contributed by atoms with Crippen molar-refractivity contribution in [3.05, 3.63) is 134 Å². The maximum atomic E-state index is 6.31. The van der Waals surface area contributed by atoms with E-state index >= 15 is 0 Å². The molecule has 2 aliphatic carbocycles. The van der Waals surface area contributed by atoms with Crippen molar-refractivity contribution in [3.63, 3.8) is 0 Å². The molecule has 4 aromatic carbocycles. The second kappa shape index (κ2) is 10.4. The van der Waals surface area contributed by atoms with Crippen LogP contribution >= 0.6 is 31.9 Å². The average Bonchev–Trinajstić information content (AvgIpc) is 3.42. The van der Waals surface area contributed by atoms with E-state index in [0.29, 0.717) is 11.8 Å². The summed E-state index contributed by atoms with van der Waals surface area (Å²) in [4.78, 5) is 0. The van der Waals surface area contributed by atoms with Crippen LogP contribution in [-0.4, -0.2) is 0 Å². The van der Waals surface area contributed by atoms with E-state index in [9.17, 15) is 0 Å². The summed E-state index contributed by atoms with van der Waals surface area (Å²) in [5, 5.41) is 0. The van der Waals surface area contributed by atoms with Gasteiger partial charge in [-0.05, 0) is 0 Å². The Balaban J connectivity index is 0.00000133. The van der Waals surface area contributed by atoms with Crippen LogP contribution < -0.4 is 29.6 Å². The van der Waals surface area contributed by atoms with Gasteiger partial charge in [0.25, 0.3) is 0 Å². The minimum atomic E-state index is -1.12. The van der Waals surface area contributed by atoms with Gasteiger partial charge in [-0.15, -0.1) is 0 Å². The first kappa shape index (κ1) is 26.2. The molecule has 0 amide bonds. The van der Waals surface area contributed by atoms with Gasteiger partial charge < -0.3 is 24.8 Å². The zero-order valence-corrected chi connectivity index (χ0v) is 26.0. The number of halogens is 4. The molecular weight excluding hydrogens is 698 g/mol. The monoisotopic (exact) mass is 712 g/mol. The Morgan fingerprint density at radius 1 is 0.639 bits per heavy atom. The number of hydrogen-bond donors (Lipinski definition) is 0. The maximum absolute atomic E-state index is 6.31. The summed E-state index contributed by atoms with van der Waals surface area (Å²) in [5.41, 5.74) is 8.07. The van der Waals surface area contributed by atoms with Crippen LogP contribution in [0.1, 0.15) is 45.2 Å². The second-order valence-corrected chi connectivity index (χ2v) is 14.1. The standard InChI is InChI=1S/C15H8BrO.C15H10Br.2ClH.Zr/c16-13-6-7-14-12-5-4-11(15(12)13)9-2-1-3-10(8-9)17-14;16-14-8-4-7-12-9-10-13(15(12)14)11-5-2-1-3-6-11;;;/h1-3,5-8,11H;1-9,13H;2*1H;/q;;;;+2/p-2. The van der Waals surface area contributed by atoms with E-state index in [1.54, 1.807) is 6.56 Å². The summed E-state index contributed by atoms with van der Waals surface area (Å²) in [7, 11) is 0. The van der Waals surface area contributed by atoms with E-state index in [1.165, 1.54) is 42.3 Å². The normalized spacial score (nSPS) is 17.7. The van der Waals surface area contributed by atoms with Gasteiger partial charge in [0.1, 0.15) is 0 Å². The molecule has 7 rings (SSSR count). The molecule has 0 saturated carbocycles. The van der Waals surface area contributed by atoms with Crippen molar-refractivity contribution < 1.29 is 52.8 Å². The number of fused-ring (bicyclic) bond motifs is 4. The van der Waals surface area contributed by atoms with E-state index in [-0.39, 0.29) is 24.8 Å². The number of rotatable bonds is 3. The summed E-state index contributed by atoms with van der Waals surface area (Å²) in [6, 6.07) is 30.5. The van der Waals surface area contributed by atoms with E-state index in [2.05, 4.69) is 129 Å². The van der Waals surface area contributed by atoms with Gasteiger partial charge in [-0.3, -0.25) is 0 Å². The Kier molecular flexibility index (Phi) is 7.56. The molecule has 176 valence electrons. The van der Waals surface area contributed by atoms with Gasteiger partial charge in [0.15, 0.2) is 0 Å². The third-order valence-corrected chi connectivity index (χ3v) is 11.9. The minimum absolute atomic E-state index is 0. The fourth-order valence-electron chi connectivity index (χ4n) is 5.51. The van der Waals surface area contributed by atoms with Crippen molar-refractivity contribution in [1.82, 2.24) is 0 Å². The van der Waals surface area contributed by atoms with Gasteiger partial charge in [0.2, 0.25) is 0 Å². The van der Waals surface area contributed by atoms with Crippen LogP contribution in [0.15, 0.2) is 100 Å². The molecule has 1 nitrogen and oxygen atoms in total. The minimum Gasteiger partial charge on any atom is -1.00 e. The van der Waals surface area contributed by atoms with Crippen LogP contribution in [0.2, 0.25) is 0 Å². The Labute approximate surface area is 251 Å². The Bertz CT molecular complexity index is 1550. The molecule has 0 radical (unpaired) electrons. The quantitative estimate of drug-likeness (QED) is 0.317. The predicted octanol–water partition coefficient (Wildman–Crippen LogP) is 3.08. The molecule has 4 aromatic rings. The fraction of sp³-hybridized carbons (Fsp3) is 0.0667. The summed E-state index contributed by atoms with van der Waals surface area (Å²) in [6.07, 6.45) is 4.93. The molecule has 0 fully saturated rings. The SMILES string of the molecule is Brc1cccc2c1C(c1ccccc1)[C]([Zr+2][C]1=Cc3c4ccc(Br)c3C1c1cccc(c1)O4)=C2.[Cl-].[Cl-]. The number of benzene rings is 4. The van der Waals surface area contributed by atoms with Crippen molar-refractivity contribution in [2.24, 2.45) is 0 Å². The topological polar surface area (TPSA) is 9.23 Å². The molecule has 6 bridgehead atoms. The summed E-state index contributed by atoms with van der Waals surface area (Å²) in [5.74, 6) is 2.50. The smallest absolute Gasteiger partial charge is 1.00 e. The molecule has 2 atom stereocenters. The van der Waals surface area contributed by atoms with Crippen LogP contribution in [0, 0.1) is 0 Å². The van der Waals surface area contributed by atoms with Gasteiger partial charge in [-0.2, -0.15) is 0 Å². The fourth-order valence-corrected chi connectivity index (χ4v) is 10.8. The molecule has 0 saturated heterocycles. The molecule has 3 aliphatic rings. The first-order valence-electron chi connectivity index (χ1n) is 11.3. The van der Waals surface area contributed by atoms with Crippen LogP contribution in [0.5, 0.6) is 11.5 Å². The largest absolute Gasteiger partial charge is 1.00 e. The Hall–Kier alpha value is -1.42. The van der Waals surface area contributed by atoms with Crippen molar-refractivity contribution >= 4 is 44.0 Å². The van der Waals surface area contributed by atoms with Gasteiger partial charge in [0.05, 0.1) is 0 Å². The van der Waals surface area contributed by atoms with Crippen LogP contribution in [-0.2, 0) is 23.2 Å². The third-order valence-electron chi connectivity index (χ3n) is 6.93. The number of hydrogen-bond acceptors (Lipinski definition) is 1. The molecular formula is C30H18Br2Cl2OZr. The number of ether oxygens (including phenoxy) is 1. The van der Waals surface area contributed by atoms with Crippen LogP contribution in [0.3, 0.4) is 0 Å². The predicted molar refractivity (Wildman–Crippen MR) is 141 cm³/mol. The van der Waals surface area contributed by atoms with Gasteiger partial charge in [-0.25, -0.2) is 0 Å². The molecule has 0 aromatic heterocycles. The summed E-state index contributed by atoms with van der Waals surface area (Å²) < 4.78 is 11.9. The van der Waals surface area contributed by atoms with E-state index in [0.717, 1.165) is 11.5 Å². The molecule has 1 aliphatic heterocycles. The molecule has 0 spiro atoms. The summed E-state index contributed by atoms with van der Waals surface area (Å²) >= 11 is 6.62. The Morgan fingerprint density at radius 3 is 2.17 bits per heavy atom. The molecule has 6 heteroatoms. The summed E-state index contributed by atoms with van der Waals surface area (Å²) in [6.45, 7) is 0. The van der Waals surface area contributed by atoms with Gasteiger partial charge >= 0.3 is 229 Å². The van der Waals surface area contributed by atoms with Crippen molar-refractivity contribution in [3.8, 4) is 11.5 Å². The number of allylic oxidation sites excluding steroid dienone is 2. The van der Waals surface area contributed by atoms with Gasteiger partial charge in [0, 0.05) is 0 Å². The van der Waals surface area contributed by atoms with Crippen LogP contribution in [0.4, 0.5) is 0 Å². The zero-order chi connectivity index (χ0) is 22.8. The van der Waals surface area contributed by atoms with E-state index < -0.39 is 23.2 Å². The van der Waals surface area contributed by atoms with Crippen molar-refractivity contribution in [1.29, 1.82) is 0 Å². The first-order chi connectivity index (χ1) is 16.7. The molecule has 1 heterocycles. The molecule has 36 heavy (non-hydrogen) atoms. The van der Waals surface area contributed by atoms with E-state index in [1.807, 2.05) is 0 Å². The van der Waals surface area contributed by atoms with Crippen LogP contribution in [0.25, 0.3) is 12.2 Å². The average molecular weight is 716 g/mol. The maximum Gasteiger partial charge on any atom is -1.00 e. The first-order valence-corrected chi connectivity index (χ1v) is 15.4. The second-order valence-electron chi connectivity index (χ2n) is 8.89. The molecule has 2 unspecified atom stereocenters. The third kappa shape index (κ3) is 4.24. The van der Waals surface area contributed by atoms with E-state index in [4.69, 9.17) is 4.74 Å². The Morgan fingerprint density at radius 2 is 1.33 bits per heavy atom. The van der Waals surface area contributed by atoms with Crippen molar-refractivity contribution in [2.75, 3.05) is 0 Å².